The molecular weight excluding hydrogens is 234 g/mol. The maximum Gasteiger partial charge on any atom is 0.407 e. The molecule has 0 radical (unpaired) electrons. The van der Waals surface area contributed by atoms with Crippen molar-refractivity contribution in [2.24, 2.45) is 0 Å². The largest absolute Gasteiger partial charge is 0.450 e. The number of hydrogen-bond donors (Lipinski definition) is 1. The lowest BCUT2D eigenvalue weighted by molar-refractivity contribution is 0.148. The number of hydrogen-bond acceptors (Lipinski definition) is 4. The molecule has 4 nitrogen and oxygen atoms in total. The summed E-state index contributed by atoms with van der Waals surface area (Å²) in [6.07, 6.45) is 0.243. The average Bonchev–Trinajstić information content (AvgIpc) is 2.47. The molecule has 1 N–H and O–H groups in total. The zero-order valence-electron chi connectivity index (χ0n) is 8.82. The summed E-state index contributed by atoms with van der Waals surface area (Å²) in [4.78, 5) is 11.9. The van der Waals surface area contributed by atoms with Crippen LogP contribution in [0.15, 0.2) is 0 Å². The third-order valence-corrected chi connectivity index (χ3v) is 4.55. The molecule has 3 unspecified atom stereocenters. The lowest BCUT2D eigenvalue weighted by Gasteiger charge is -2.18. The first kappa shape index (κ1) is 12.6. The first-order valence-corrected chi connectivity index (χ1v) is 6.66. The summed E-state index contributed by atoms with van der Waals surface area (Å²) in [6, 6.07) is -0.137. The lowest BCUT2D eigenvalue weighted by atomic mass is 10.1. The van der Waals surface area contributed by atoms with Gasteiger partial charge in [-0.15, -0.1) is 0 Å². The van der Waals surface area contributed by atoms with Crippen LogP contribution in [0, 0.1) is 0 Å². The second kappa shape index (κ2) is 5.55. The van der Waals surface area contributed by atoms with Crippen LogP contribution in [0.1, 0.15) is 20.3 Å². The monoisotopic (exact) mass is 249 g/mol. The molecule has 1 saturated heterocycles. The third-order valence-electron chi connectivity index (χ3n) is 2.26. The Morgan fingerprint density at radius 2 is 2.33 bits per heavy atom. The lowest BCUT2D eigenvalue weighted by Crippen LogP contribution is -2.43. The summed E-state index contributed by atoms with van der Waals surface area (Å²) in [5, 5.41) is 2.50. The van der Waals surface area contributed by atoms with Crippen molar-refractivity contribution in [3.8, 4) is 0 Å². The summed E-state index contributed by atoms with van der Waals surface area (Å²) in [6.45, 7) is 3.85. The highest BCUT2D eigenvalue weighted by atomic mass is 32.2. The molecule has 86 valence electrons. The number of alkyl carbamates (subject to hydrolysis) is 1. The van der Waals surface area contributed by atoms with Crippen LogP contribution >= 0.6 is 12.2 Å². The minimum absolute atomic E-state index is 0.137. The van der Waals surface area contributed by atoms with E-state index in [9.17, 15) is 9.00 Å². The fraction of sp³-hybridized carbons (Fsp3) is 0.778. The zero-order chi connectivity index (χ0) is 11.4. The minimum atomic E-state index is -0.953. The number of rotatable bonds is 3. The summed E-state index contributed by atoms with van der Waals surface area (Å²) >= 11 is 5.04. The predicted molar refractivity (Wildman–Crippen MR) is 63.6 cm³/mol. The van der Waals surface area contributed by atoms with Gasteiger partial charge in [-0.1, -0.05) is 12.2 Å². The summed E-state index contributed by atoms with van der Waals surface area (Å²) in [5.74, 6) is 0.593. The number of carbonyl (C=O) groups is 1. The molecule has 1 rings (SSSR count). The summed E-state index contributed by atoms with van der Waals surface area (Å²) < 4.78 is 16.4. The molecule has 1 amide bonds. The van der Waals surface area contributed by atoms with Gasteiger partial charge < -0.3 is 10.1 Å². The van der Waals surface area contributed by atoms with E-state index >= 15 is 0 Å². The molecule has 1 aliphatic heterocycles. The van der Waals surface area contributed by atoms with Crippen LogP contribution in [0.3, 0.4) is 0 Å². The van der Waals surface area contributed by atoms with Crippen LogP contribution in [-0.2, 0) is 15.5 Å². The van der Waals surface area contributed by atoms with Crippen molar-refractivity contribution < 1.29 is 13.7 Å². The Kier molecular flexibility index (Phi) is 4.66. The maximum atomic E-state index is 11.6. The van der Waals surface area contributed by atoms with E-state index in [1.807, 2.05) is 0 Å². The number of amides is 1. The van der Waals surface area contributed by atoms with E-state index in [1.54, 1.807) is 13.8 Å². The van der Waals surface area contributed by atoms with Gasteiger partial charge in [0.2, 0.25) is 0 Å². The molecule has 15 heavy (non-hydrogen) atoms. The van der Waals surface area contributed by atoms with E-state index in [4.69, 9.17) is 17.0 Å². The van der Waals surface area contributed by atoms with Crippen LogP contribution in [0.5, 0.6) is 0 Å². The Morgan fingerprint density at radius 1 is 1.67 bits per heavy atom. The third kappa shape index (κ3) is 3.24. The fourth-order valence-corrected chi connectivity index (χ4v) is 3.81. The van der Waals surface area contributed by atoms with Gasteiger partial charge in [0, 0.05) is 21.4 Å². The molecule has 0 aliphatic carbocycles. The Bertz CT molecular complexity index is 293. The quantitative estimate of drug-likeness (QED) is 0.759. The van der Waals surface area contributed by atoms with Crippen LogP contribution in [0.4, 0.5) is 4.79 Å². The van der Waals surface area contributed by atoms with Gasteiger partial charge in [-0.3, -0.25) is 4.21 Å². The van der Waals surface area contributed by atoms with Crippen LogP contribution in [-0.4, -0.2) is 38.8 Å². The highest BCUT2D eigenvalue weighted by Crippen LogP contribution is 2.19. The van der Waals surface area contributed by atoms with Gasteiger partial charge in [-0.05, 0) is 20.3 Å². The first-order valence-electron chi connectivity index (χ1n) is 4.87. The predicted octanol–water partition coefficient (Wildman–Crippen LogP) is 1.01. The van der Waals surface area contributed by atoms with Crippen molar-refractivity contribution in [1.82, 2.24) is 5.32 Å². The van der Waals surface area contributed by atoms with Crippen molar-refractivity contribution >= 4 is 34.0 Å². The topological polar surface area (TPSA) is 55.4 Å². The van der Waals surface area contributed by atoms with Gasteiger partial charge in [0.05, 0.1) is 17.9 Å². The van der Waals surface area contributed by atoms with Gasteiger partial charge in [-0.2, -0.15) is 0 Å². The SMILES string of the molecule is CCOC(=O)NC1CCS(=O)C1C(C)=S. The van der Waals surface area contributed by atoms with Crippen molar-refractivity contribution in [3.63, 3.8) is 0 Å². The second-order valence-corrected chi connectivity index (χ2v) is 5.70. The molecule has 3 atom stereocenters. The van der Waals surface area contributed by atoms with Gasteiger partial charge in [0.25, 0.3) is 0 Å². The maximum absolute atomic E-state index is 11.6. The molecule has 0 aromatic rings. The Morgan fingerprint density at radius 3 is 2.87 bits per heavy atom. The standard InChI is InChI=1S/C9H15NO3S2/c1-3-13-9(11)10-7-4-5-15(12)8(7)6(2)14/h7-8H,3-5H2,1-2H3,(H,10,11). The molecule has 0 aromatic heterocycles. The van der Waals surface area contributed by atoms with Crippen molar-refractivity contribution in [2.45, 2.75) is 31.6 Å². The molecule has 0 aromatic carbocycles. The van der Waals surface area contributed by atoms with Gasteiger partial charge in [0.15, 0.2) is 0 Å². The van der Waals surface area contributed by atoms with Gasteiger partial charge >= 0.3 is 6.09 Å². The molecule has 0 bridgehead atoms. The number of carbonyl (C=O) groups excluding carboxylic acids is 1. The molecule has 1 heterocycles. The highest BCUT2D eigenvalue weighted by molar-refractivity contribution is 7.89. The first-order chi connectivity index (χ1) is 7.06. The van der Waals surface area contributed by atoms with Crippen molar-refractivity contribution in [3.05, 3.63) is 0 Å². The van der Waals surface area contributed by atoms with Crippen LogP contribution in [0.25, 0.3) is 0 Å². The summed E-state index contributed by atoms with van der Waals surface area (Å²) in [7, 11) is -0.953. The number of ether oxygens (including phenoxy) is 1. The summed E-state index contributed by atoms with van der Waals surface area (Å²) in [5.41, 5.74) is 0. The average molecular weight is 249 g/mol. The Hall–Kier alpha value is -0.490. The number of nitrogens with one attached hydrogen (secondary N) is 1. The van der Waals surface area contributed by atoms with E-state index in [2.05, 4.69) is 5.32 Å². The smallest absolute Gasteiger partial charge is 0.407 e. The zero-order valence-corrected chi connectivity index (χ0v) is 10.5. The molecular formula is C9H15NO3S2. The van der Waals surface area contributed by atoms with Crippen molar-refractivity contribution in [1.29, 1.82) is 0 Å². The van der Waals surface area contributed by atoms with E-state index < -0.39 is 16.9 Å². The fourth-order valence-electron chi connectivity index (χ4n) is 1.65. The molecule has 0 spiro atoms. The van der Waals surface area contributed by atoms with Crippen LogP contribution in [0.2, 0.25) is 0 Å². The Labute approximate surface area is 97.2 Å². The molecule has 0 saturated carbocycles. The minimum Gasteiger partial charge on any atom is -0.450 e. The van der Waals surface area contributed by atoms with E-state index in [1.165, 1.54) is 0 Å². The van der Waals surface area contributed by atoms with E-state index in [0.29, 0.717) is 23.6 Å². The highest BCUT2D eigenvalue weighted by Gasteiger charge is 2.36. The number of thiocarbonyl (C=S) groups is 1. The van der Waals surface area contributed by atoms with Gasteiger partial charge in [0.1, 0.15) is 0 Å². The van der Waals surface area contributed by atoms with Crippen molar-refractivity contribution in [2.75, 3.05) is 12.4 Å². The molecule has 1 aliphatic rings. The van der Waals surface area contributed by atoms with E-state index in [-0.39, 0.29) is 11.3 Å². The molecule has 6 heteroatoms. The second-order valence-electron chi connectivity index (χ2n) is 3.38. The van der Waals surface area contributed by atoms with Crippen LogP contribution < -0.4 is 5.32 Å². The Balaban J connectivity index is 2.58. The normalized spacial score (nSPS) is 29.9. The van der Waals surface area contributed by atoms with Gasteiger partial charge in [-0.25, -0.2) is 4.79 Å². The van der Waals surface area contributed by atoms with E-state index in [0.717, 1.165) is 0 Å². The molecule has 1 fully saturated rings.